The maximum absolute atomic E-state index is 12.8. The van der Waals surface area contributed by atoms with Crippen molar-refractivity contribution in [3.05, 3.63) is 108 Å². The predicted molar refractivity (Wildman–Crippen MR) is 129 cm³/mol. The molecule has 0 saturated carbocycles. The van der Waals surface area contributed by atoms with Crippen molar-refractivity contribution >= 4 is 11.8 Å². The molecule has 0 fully saturated rings. The van der Waals surface area contributed by atoms with E-state index in [1.807, 2.05) is 73.7 Å². The van der Waals surface area contributed by atoms with Crippen LogP contribution in [-0.2, 0) is 9.59 Å². The number of carbonyl (C=O) groups is 2. The van der Waals surface area contributed by atoms with Crippen LogP contribution in [0.25, 0.3) is 0 Å². The van der Waals surface area contributed by atoms with Gasteiger partial charge in [0, 0.05) is 12.5 Å². The molecular formula is C28H32N2O2. The number of amides is 2. The van der Waals surface area contributed by atoms with Gasteiger partial charge >= 0.3 is 0 Å². The molecule has 0 aliphatic carbocycles. The Kier molecular flexibility index (Phi) is 8.61. The fourth-order valence-corrected chi connectivity index (χ4v) is 4.03. The molecule has 3 aromatic rings. The predicted octanol–water partition coefficient (Wildman–Crippen LogP) is 5.02. The van der Waals surface area contributed by atoms with Gasteiger partial charge in [0.2, 0.25) is 11.8 Å². The normalized spacial score (nSPS) is 12.7. The highest BCUT2D eigenvalue weighted by atomic mass is 16.2. The maximum atomic E-state index is 12.8. The summed E-state index contributed by atoms with van der Waals surface area (Å²) in [5, 5.41) is 5.88. The van der Waals surface area contributed by atoms with Gasteiger partial charge in [0.15, 0.2) is 0 Å². The van der Waals surface area contributed by atoms with E-state index >= 15 is 0 Å². The van der Waals surface area contributed by atoms with Crippen LogP contribution in [0, 0.1) is 0 Å². The first-order valence-corrected chi connectivity index (χ1v) is 11.3. The second-order valence-corrected chi connectivity index (χ2v) is 8.06. The Morgan fingerprint density at radius 3 is 1.66 bits per heavy atom. The molecule has 0 bridgehead atoms. The number of benzene rings is 3. The van der Waals surface area contributed by atoms with Gasteiger partial charge in [-0.3, -0.25) is 9.59 Å². The zero-order valence-corrected chi connectivity index (χ0v) is 18.8. The minimum atomic E-state index is -0.591. The highest BCUT2D eigenvalue weighted by Gasteiger charge is 2.23. The van der Waals surface area contributed by atoms with Crippen molar-refractivity contribution in [3.8, 4) is 0 Å². The average Bonchev–Trinajstić information content (AvgIpc) is 2.84. The third-order valence-corrected chi connectivity index (χ3v) is 5.81. The highest BCUT2D eigenvalue weighted by Crippen LogP contribution is 2.27. The summed E-state index contributed by atoms with van der Waals surface area (Å²) in [6, 6.07) is 29.8. The van der Waals surface area contributed by atoms with Gasteiger partial charge < -0.3 is 10.6 Å². The fourth-order valence-electron chi connectivity index (χ4n) is 4.03. The molecule has 166 valence electrons. The van der Waals surface area contributed by atoms with Crippen LogP contribution in [0.4, 0.5) is 0 Å². The summed E-state index contributed by atoms with van der Waals surface area (Å²) in [5.74, 6) is -0.342. The summed E-state index contributed by atoms with van der Waals surface area (Å²) in [6.07, 6.45) is 1.46. The van der Waals surface area contributed by atoms with Gasteiger partial charge in [0.05, 0.1) is 5.92 Å². The summed E-state index contributed by atoms with van der Waals surface area (Å²) in [6.45, 7) is 4.25. The smallest absolute Gasteiger partial charge is 0.242 e. The van der Waals surface area contributed by atoms with Crippen LogP contribution in [0.1, 0.15) is 55.2 Å². The van der Waals surface area contributed by atoms with Gasteiger partial charge in [-0.15, -0.1) is 0 Å². The monoisotopic (exact) mass is 428 g/mol. The lowest BCUT2D eigenvalue weighted by molar-refractivity contribution is -0.129. The van der Waals surface area contributed by atoms with E-state index in [0.717, 1.165) is 12.0 Å². The van der Waals surface area contributed by atoms with Crippen LogP contribution in [0.5, 0.6) is 0 Å². The molecule has 2 atom stereocenters. The van der Waals surface area contributed by atoms with E-state index in [-0.39, 0.29) is 23.7 Å². The minimum absolute atomic E-state index is 0.118. The van der Waals surface area contributed by atoms with Crippen molar-refractivity contribution in [2.75, 3.05) is 6.54 Å². The zero-order valence-electron chi connectivity index (χ0n) is 18.8. The second kappa shape index (κ2) is 11.8. The van der Waals surface area contributed by atoms with E-state index in [4.69, 9.17) is 0 Å². The molecule has 0 aromatic heterocycles. The Bertz CT molecular complexity index is 935. The Labute approximate surface area is 191 Å². The molecule has 2 amide bonds. The van der Waals surface area contributed by atoms with Crippen LogP contribution in [0.3, 0.4) is 0 Å². The minimum Gasteiger partial charge on any atom is -0.354 e. The van der Waals surface area contributed by atoms with Gasteiger partial charge in [0.25, 0.3) is 0 Å². The molecule has 3 rings (SSSR count). The average molecular weight is 429 g/mol. The number of hydrogen-bond donors (Lipinski definition) is 2. The molecule has 0 saturated heterocycles. The van der Waals surface area contributed by atoms with E-state index in [1.54, 1.807) is 6.92 Å². The Hall–Kier alpha value is -3.40. The Morgan fingerprint density at radius 2 is 1.19 bits per heavy atom. The van der Waals surface area contributed by atoms with Crippen molar-refractivity contribution in [3.63, 3.8) is 0 Å². The molecule has 0 heterocycles. The molecular weight excluding hydrogens is 396 g/mol. The zero-order chi connectivity index (χ0) is 22.8. The van der Waals surface area contributed by atoms with Gasteiger partial charge in [-0.1, -0.05) is 97.9 Å². The number of nitrogens with one attached hydrogen (secondary N) is 2. The summed E-state index contributed by atoms with van der Waals surface area (Å²) >= 11 is 0. The maximum Gasteiger partial charge on any atom is 0.242 e. The standard InChI is InChI=1S/C28H32N2O2/c1-3-25(22-13-7-4-8-14-22)28(32)30-21(2)27(31)29-20-19-26(23-15-9-5-10-16-23)24-17-11-6-12-18-24/h4-18,21,25-26H,3,19-20H2,1-2H3,(H,29,31)(H,30,32)/t21-,25-/m0/s1. The molecule has 4 nitrogen and oxygen atoms in total. The number of rotatable bonds is 10. The highest BCUT2D eigenvalue weighted by molar-refractivity contribution is 5.90. The lowest BCUT2D eigenvalue weighted by Crippen LogP contribution is -2.46. The van der Waals surface area contributed by atoms with Gasteiger partial charge in [0.1, 0.15) is 6.04 Å². The largest absolute Gasteiger partial charge is 0.354 e. The third-order valence-electron chi connectivity index (χ3n) is 5.81. The van der Waals surface area contributed by atoms with Crippen molar-refractivity contribution in [2.45, 2.75) is 44.6 Å². The van der Waals surface area contributed by atoms with Gasteiger partial charge in [-0.2, -0.15) is 0 Å². The molecule has 2 N–H and O–H groups in total. The molecule has 0 aliphatic heterocycles. The fraction of sp³-hybridized carbons (Fsp3) is 0.286. The van der Waals surface area contributed by atoms with Crippen LogP contribution in [0.2, 0.25) is 0 Å². The Balaban J connectivity index is 1.56. The van der Waals surface area contributed by atoms with Crippen molar-refractivity contribution in [1.29, 1.82) is 0 Å². The molecule has 32 heavy (non-hydrogen) atoms. The summed E-state index contributed by atoms with van der Waals surface area (Å²) in [5.41, 5.74) is 3.42. The SMILES string of the molecule is CC[C@H](C(=O)N[C@@H](C)C(=O)NCCC(c1ccccc1)c1ccccc1)c1ccccc1. The quantitative estimate of drug-likeness (QED) is 0.476. The van der Waals surface area contributed by atoms with Crippen LogP contribution < -0.4 is 10.6 Å². The lowest BCUT2D eigenvalue weighted by atomic mass is 9.88. The summed E-state index contributed by atoms with van der Waals surface area (Å²) < 4.78 is 0. The van der Waals surface area contributed by atoms with Gasteiger partial charge in [-0.25, -0.2) is 0 Å². The number of hydrogen-bond acceptors (Lipinski definition) is 2. The first-order valence-electron chi connectivity index (χ1n) is 11.3. The molecule has 3 aromatic carbocycles. The molecule has 0 aliphatic rings. The topological polar surface area (TPSA) is 58.2 Å². The second-order valence-electron chi connectivity index (χ2n) is 8.06. The Morgan fingerprint density at radius 1 is 0.719 bits per heavy atom. The molecule has 0 unspecified atom stereocenters. The number of carbonyl (C=O) groups excluding carboxylic acids is 2. The lowest BCUT2D eigenvalue weighted by Gasteiger charge is -2.21. The van der Waals surface area contributed by atoms with E-state index in [1.165, 1.54) is 11.1 Å². The van der Waals surface area contributed by atoms with Crippen LogP contribution in [-0.4, -0.2) is 24.4 Å². The van der Waals surface area contributed by atoms with E-state index in [2.05, 4.69) is 34.9 Å². The first kappa shape index (κ1) is 23.3. The summed E-state index contributed by atoms with van der Waals surface area (Å²) in [4.78, 5) is 25.4. The van der Waals surface area contributed by atoms with Crippen molar-refractivity contribution in [2.24, 2.45) is 0 Å². The van der Waals surface area contributed by atoms with E-state index in [0.29, 0.717) is 13.0 Å². The van der Waals surface area contributed by atoms with Crippen molar-refractivity contribution in [1.82, 2.24) is 10.6 Å². The third kappa shape index (κ3) is 6.30. The van der Waals surface area contributed by atoms with Gasteiger partial charge in [-0.05, 0) is 36.5 Å². The molecule has 0 radical (unpaired) electrons. The summed E-state index contributed by atoms with van der Waals surface area (Å²) in [7, 11) is 0. The van der Waals surface area contributed by atoms with Crippen molar-refractivity contribution < 1.29 is 9.59 Å². The van der Waals surface area contributed by atoms with E-state index < -0.39 is 6.04 Å². The van der Waals surface area contributed by atoms with E-state index in [9.17, 15) is 9.59 Å². The van der Waals surface area contributed by atoms with Crippen LogP contribution >= 0.6 is 0 Å². The first-order chi connectivity index (χ1) is 15.6. The van der Waals surface area contributed by atoms with Crippen LogP contribution in [0.15, 0.2) is 91.0 Å². The molecule has 0 spiro atoms. The molecule has 4 heteroatoms.